The van der Waals surface area contributed by atoms with Gasteiger partial charge in [-0.25, -0.2) is 9.67 Å². The Labute approximate surface area is 123 Å². The van der Waals surface area contributed by atoms with Gasteiger partial charge in [-0.2, -0.15) is 10.1 Å². The summed E-state index contributed by atoms with van der Waals surface area (Å²) < 4.78 is 7.38. The fourth-order valence-electron chi connectivity index (χ4n) is 2.50. The van der Waals surface area contributed by atoms with Gasteiger partial charge < -0.3 is 10.1 Å². The average Bonchev–Trinajstić information content (AvgIpc) is 2.92. The van der Waals surface area contributed by atoms with Gasteiger partial charge in [-0.15, -0.1) is 0 Å². The maximum Gasteiger partial charge on any atom is 0.234 e. The minimum absolute atomic E-state index is 0.123. The van der Waals surface area contributed by atoms with E-state index in [0.717, 1.165) is 37.5 Å². The van der Waals surface area contributed by atoms with Gasteiger partial charge in [-0.3, -0.25) is 4.98 Å². The van der Waals surface area contributed by atoms with E-state index in [1.165, 1.54) is 0 Å². The second-order valence-corrected chi connectivity index (χ2v) is 4.98. The van der Waals surface area contributed by atoms with Crippen molar-refractivity contribution in [1.29, 1.82) is 0 Å². The zero-order valence-corrected chi connectivity index (χ0v) is 12.4. The Hall–Kier alpha value is -2.18. The fraction of sp³-hybridized carbons (Fsp3) is 0.571. The number of nitrogens with one attached hydrogen (secondary N) is 1. The normalized spacial score (nSPS) is 17.3. The molecule has 3 heterocycles. The van der Waals surface area contributed by atoms with Crippen molar-refractivity contribution >= 4 is 5.82 Å². The Morgan fingerprint density at radius 2 is 2.24 bits per heavy atom. The second-order valence-electron chi connectivity index (χ2n) is 4.98. The van der Waals surface area contributed by atoms with Crippen molar-refractivity contribution in [2.45, 2.75) is 45.7 Å². The van der Waals surface area contributed by atoms with Gasteiger partial charge in [0.1, 0.15) is 11.6 Å². The molecule has 7 heteroatoms. The number of hydrogen-bond donors (Lipinski definition) is 1. The summed E-state index contributed by atoms with van der Waals surface area (Å²) in [6.45, 7) is 5.51. The molecule has 0 saturated carbocycles. The third-order valence-corrected chi connectivity index (χ3v) is 3.46. The molecule has 0 aromatic carbocycles. The van der Waals surface area contributed by atoms with Crippen molar-refractivity contribution in [3.63, 3.8) is 0 Å². The highest BCUT2D eigenvalue weighted by molar-refractivity contribution is 5.36. The van der Waals surface area contributed by atoms with Gasteiger partial charge in [0.25, 0.3) is 0 Å². The van der Waals surface area contributed by atoms with Crippen molar-refractivity contribution in [2.75, 3.05) is 11.9 Å². The van der Waals surface area contributed by atoms with Crippen LogP contribution >= 0.6 is 0 Å². The van der Waals surface area contributed by atoms with Crippen LogP contribution in [0.2, 0.25) is 0 Å². The van der Waals surface area contributed by atoms with Crippen LogP contribution in [-0.2, 0) is 13.0 Å². The molecular formula is C14H20N6O. The number of rotatable bonds is 5. The first-order chi connectivity index (χ1) is 10.3. The highest BCUT2D eigenvalue weighted by Gasteiger charge is 2.24. The molecule has 0 fully saturated rings. The predicted molar refractivity (Wildman–Crippen MR) is 78.2 cm³/mol. The molecule has 0 bridgehead atoms. The minimum Gasteiger partial charge on any atom is -0.477 e. The van der Waals surface area contributed by atoms with E-state index in [1.54, 1.807) is 12.4 Å². The molecule has 112 valence electrons. The van der Waals surface area contributed by atoms with E-state index in [0.29, 0.717) is 18.3 Å². The Morgan fingerprint density at radius 1 is 1.33 bits per heavy atom. The molecule has 1 N–H and O–H groups in total. The molecule has 0 spiro atoms. The van der Waals surface area contributed by atoms with Crippen LogP contribution in [0.1, 0.15) is 44.4 Å². The highest BCUT2D eigenvalue weighted by atomic mass is 16.5. The molecule has 2 aromatic heterocycles. The third-order valence-electron chi connectivity index (χ3n) is 3.46. The SMILES string of the molecule is CCOc1cncc(NC2CCCn3nc(CC)nc32)n1. The molecule has 1 unspecified atom stereocenters. The largest absolute Gasteiger partial charge is 0.477 e. The monoisotopic (exact) mass is 288 g/mol. The number of ether oxygens (including phenoxy) is 1. The molecule has 0 aliphatic carbocycles. The quantitative estimate of drug-likeness (QED) is 0.906. The van der Waals surface area contributed by atoms with Crippen LogP contribution in [0, 0.1) is 0 Å². The summed E-state index contributed by atoms with van der Waals surface area (Å²) in [5, 5.41) is 7.91. The van der Waals surface area contributed by atoms with Crippen LogP contribution in [-0.4, -0.2) is 31.3 Å². The summed E-state index contributed by atoms with van der Waals surface area (Å²) >= 11 is 0. The number of nitrogens with zero attached hydrogens (tertiary/aromatic N) is 5. The van der Waals surface area contributed by atoms with E-state index in [1.807, 2.05) is 11.6 Å². The summed E-state index contributed by atoms with van der Waals surface area (Å²) in [5.74, 6) is 3.13. The fourth-order valence-corrected chi connectivity index (χ4v) is 2.50. The first-order valence-electron chi connectivity index (χ1n) is 7.45. The molecule has 0 radical (unpaired) electrons. The van der Waals surface area contributed by atoms with E-state index < -0.39 is 0 Å². The molecule has 3 rings (SSSR count). The summed E-state index contributed by atoms with van der Waals surface area (Å²) in [4.78, 5) is 13.2. The van der Waals surface area contributed by atoms with Gasteiger partial charge >= 0.3 is 0 Å². The van der Waals surface area contributed by atoms with Gasteiger partial charge in [-0.05, 0) is 19.8 Å². The summed E-state index contributed by atoms with van der Waals surface area (Å²) in [5.41, 5.74) is 0. The number of hydrogen-bond acceptors (Lipinski definition) is 6. The molecule has 0 saturated heterocycles. The molecule has 1 aliphatic heterocycles. The zero-order valence-electron chi connectivity index (χ0n) is 12.4. The first kappa shape index (κ1) is 13.8. The number of aromatic nitrogens is 5. The highest BCUT2D eigenvalue weighted by Crippen LogP contribution is 2.26. The lowest BCUT2D eigenvalue weighted by Gasteiger charge is -2.23. The van der Waals surface area contributed by atoms with Crippen LogP contribution in [0.5, 0.6) is 5.88 Å². The summed E-state index contributed by atoms with van der Waals surface area (Å²) in [6, 6.07) is 0.123. The molecule has 2 aromatic rings. The van der Waals surface area contributed by atoms with E-state index in [9.17, 15) is 0 Å². The molecule has 21 heavy (non-hydrogen) atoms. The van der Waals surface area contributed by atoms with Crippen LogP contribution in [0.4, 0.5) is 5.82 Å². The summed E-state index contributed by atoms with van der Waals surface area (Å²) in [6.07, 6.45) is 6.27. The van der Waals surface area contributed by atoms with E-state index in [4.69, 9.17) is 4.74 Å². The van der Waals surface area contributed by atoms with Crippen molar-refractivity contribution in [1.82, 2.24) is 24.7 Å². The lowest BCUT2D eigenvalue weighted by Crippen LogP contribution is -2.23. The number of aryl methyl sites for hydroxylation is 2. The first-order valence-corrected chi connectivity index (χ1v) is 7.45. The minimum atomic E-state index is 0.123. The molecule has 1 atom stereocenters. The standard InChI is InChI=1S/C14H20N6O/c1-3-11-18-14-10(6-5-7-20(14)19-11)16-12-8-15-9-13(17-12)21-4-2/h8-10H,3-7H2,1-2H3,(H,16,17). The average molecular weight is 288 g/mol. The van der Waals surface area contributed by atoms with Crippen molar-refractivity contribution < 1.29 is 4.74 Å². The Bertz CT molecular complexity index is 611. The Morgan fingerprint density at radius 3 is 3.05 bits per heavy atom. The van der Waals surface area contributed by atoms with Gasteiger partial charge in [0.05, 0.1) is 25.0 Å². The van der Waals surface area contributed by atoms with Crippen LogP contribution < -0.4 is 10.1 Å². The predicted octanol–water partition coefficient (Wildman–Crippen LogP) is 1.98. The lowest BCUT2D eigenvalue weighted by molar-refractivity contribution is 0.325. The van der Waals surface area contributed by atoms with Crippen molar-refractivity contribution in [2.24, 2.45) is 0 Å². The Kier molecular flexibility index (Phi) is 3.98. The van der Waals surface area contributed by atoms with E-state index >= 15 is 0 Å². The van der Waals surface area contributed by atoms with Crippen LogP contribution in [0.25, 0.3) is 0 Å². The van der Waals surface area contributed by atoms with Gasteiger partial charge in [0.15, 0.2) is 5.82 Å². The Balaban J connectivity index is 1.79. The van der Waals surface area contributed by atoms with Gasteiger partial charge in [0.2, 0.25) is 5.88 Å². The van der Waals surface area contributed by atoms with Crippen molar-refractivity contribution in [3.05, 3.63) is 24.0 Å². The maximum absolute atomic E-state index is 5.38. The van der Waals surface area contributed by atoms with Crippen LogP contribution in [0.3, 0.4) is 0 Å². The topological polar surface area (TPSA) is 77.8 Å². The van der Waals surface area contributed by atoms with Gasteiger partial charge in [-0.1, -0.05) is 6.92 Å². The molecular weight excluding hydrogens is 268 g/mol. The molecule has 7 nitrogen and oxygen atoms in total. The second kappa shape index (κ2) is 6.07. The smallest absolute Gasteiger partial charge is 0.234 e. The molecule has 1 aliphatic rings. The summed E-state index contributed by atoms with van der Waals surface area (Å²) in [7, 11) is 0. The van der Waals surface area contributed by atoms with E-state index in [2.05, 4.69) is 32.3 Å². The number of fused-ring (bicyclic) bond motifs is 1. The molecule has 0 amide bonds. The van der Waals surface area contributed by atoms with Gasteiger partial charge in [0, 0.05) is 13.0 Å². The maximum atomic E-state index is 5.38. The van der Waals surface area contributed by atoms with E-state index in [-0.39, 0.29) is 6.04 Å². The van der Waals surface area contributed by atoms with Crippen LogP contribution in [0.15, 0.2) is 12.4 Å². The number of anilines is 1. The van der Waals surface area contributed by atoms with Crippen molar-refractivity contribution in [3.8, 4) is 5.88 Å². The zero-order chi connectivity index (χ0) is 14.7. The lowest BCUT2D eigenvalue weighted by atomic mass is 10.1. The third kappa shape index (κ3) is 2.96.